The smallest absolute Gasteiger partial charge is 0.139 e. The van der Waals surface area contributed by atoms with Crippen molar-refractivity contribution < 1.29 is 9.52 Å². The van der Waals surface area contributed by atoms with Crippen LogP contribution in [0.15, 0.2) is 53.1 Å². The van der Waals surface area contributed by atoms with Crippen molar-refractivity contribution in [2.75, 3.05) is 0 Å². The molecule has 0 bridgehead atoms. The molecule has 2 nitrogen and oxygen atoms in total. The minimum atomic E-state index is -0.780. The van der Waals surface area contributed by atoms with Gasteiger partial charge in [0.1, 0.15) is 11.9 Å². The van der Waals surface area contributed by atoms with Gasteiger partial charge in [-0.15, -0.1) is 0 Å². The molecule has 0 aliphatic rings. The number of hydrogen-bond donors (Lipinski definition) is 1. The molecule has 1 N–H and O–H groups in total. The van der Waals surface area contributed by atoms with E-state index in [1.54, 1.807) is 12.3 Å². The Bertz CT molecular complexity index is 730. The lowest BCUT2D eigenvalue weighted by Gasteiger charge is -2.13. The Morgan fingerprint density at radius 2 is 1.79 bits per heavy atom. The number of halogens is 1. The molecular weight excluding hydrogens is 260 g/mol. The second kappa shape index (κ2) is 4.72. The van der Waals surface area contributed by atoms with Gasteiger partial charge in [0.05, 0.1) is 6.26 Å². The summed E-state index contributed by atoms with van der Waals surface area (Å²) in [6.07, 6.45) is 0.809. The minimum absolute atomic E-state index is 0.576. The van der Waals surface area contributed by atoms with Gasteiger partial charge in [-0.05, 0) is 35.6 Å². The molecule has 0 spiro atoms. The molecule has 0 amide bonds. The molecule has 1 aromatic heterocycles. The third kappa shape index (κ3) is 2.03. The van der Waals surface area contributed by atoms with Crippen LogP contribution < -0.4 is 0 Å². The quantitative estimate of drug-likeness (QED) is 0.746. The van der Waals surface area contributed by atoms with Gasteiger partial charge in [-0.1, -0.05) is 41.9 Å². The van der Waals surface area contributed by atoms with Crippen LogP contribution in [0.1, 0.15) is 23.0 Å². The molecule has 0 radical (unpaired) electrons. The molecule has 2 aromatic carbocycles. The van der Waals surface area contributed by atoms with Crippen LogP contribution in [0.5, 0.6) is 0 Å². The molecule has 1 unspecified atom stereocenters. The van der Waals surface area contributed by atoms with Crippen LogP contribution in [0.4, 0.5) is 0 Å². The van der Waals surface area contributed by atoms with Crippen LogP contribution >= 0.6 is 11.6 Å². The molecule has 3 rings (SSSR count). The lowest BCUT2D eigenvalue weighted by atomic mass is 9.98. The highest BCUT2D eigenvalue weighted by Gasteiger charge is 2.19. The van der Waals surface area contributed by atoms with Crippen LogP contribution in [0, 0.1) is 6.92 Å². The number of fused-ring (bicyclic) bond motifs is 1. The summed E-state index contributed by atoms with van der Waals surface area (Å²) in [5.41, 5.74) is 1.74. The number of rotatable bonds is 2. The van der Waals surface area contributed by atoms with Gasteiger partial charge in [-0.2, -0.15) is 0 Å². The summed E-state index contributed by atoms with van der Waals surface area (Å²) in [7, 11) is 0. The zero-order valence-electron chi connectivity index (χ0n) is 10.4. The van der Waals surface area contributed by atoms with Crippen molar-refractivity contribution in [3.63, 3.8) is 0 Å². The number of aliphatic hydroxyl groups is 1. The van der Waals surface area contributed by atoms with Crippen molar-refractivity contribution in [1.82, 2.24) is 0 Å². The summed E-state index contributed by atoms with van der Waals surface area (Å²) in [5, 5.41) is 13.1. The molecule has 1 atom stereocenters. The van der Waals surface area contributed by atoms with Gasteiger partial charge in [-0.25, -0.2) is 0 Å². The monoisotopic (exact) mass is 272 g/mol. The highest BCUT2D eigenvalue weighted by atomic mass is 35.5. The minimum Gasteiger partial charge on any atom is -0.466 e. The average Bonchev–Trinajstić information content (AvgIpc) is 2.85. The third-order valence-corrected chi connectivity index (χ3v) is 3.68. The number of benzene rings is 2. The van der Waals surface area contributed by atoms with E-state index in [0.29, 0.717) is 10.8 Å². The summed E-state index contributed by atoms with van der Waals surface area (Å²) in [6, 6.07) is 13.3. The highest BCUT2D eigenvalue weighted by Crippen LogP contribution is 2.33. The Morgan fingerprint density at radius 3 is 2.47 bits per heavy atom. The summed E-state index contributed by atoms with van der Waals surface area (Å²) in [4.78, 5) is 0. The first-order chi connectivity index (χ1) is 9.18. The third-order valence-electron chi connectivity index (χ3n) is 3.35. The zero-order chi connectivity index (χ0) is 13.4. The molecule has 3 aromatic rings. The van der Waals surface area contributed by atoms with E-state index in [9.17, 15) is 5.11 Å². The van der Waals surface area contributed by atoms with Crippen LogP contribution in [0.3, 0.4) is 0 Å². The highest BCUT2D eigenvalue weighted by molar-refractivity contribution is 6.35. The lowest BCUT2D eigenvalue weighted by Crippen LogP contribution is -2.01. The van der Waals surface area contributed by atoms with E-state index in [-0.39, 0.29) is 0 Å². The molecule has 0 saturated carbocycles. The van der Waals surface area contributed by atoms with Gasteiger partial charge < -0.3 is 9.52 Å². The van der Waals surface area contributed by atoms with E-state index in [1.807, 2.05) is 43.3 Å². The lowest BCUT2D eigenvalue weighted by molar-refractivity contribution is 0.190. The maximum Gasteiger partial charge on any atom is 0.139 e. The van der Waals surface area contributed by atoms with E-state index < -0.39 is 6.10 Å². The first-order valence-corrected chi connectivity index (χ1v) is 6.45. The maximum atomic E-state index is 10.5. The summed E-state index contributed by atoms with van der Waals surface area (Å²) in [5.74, 6) is 0.576. The van der Waals surface area contributed by atoms with Gasteiger partial charge in [0.2, 0.25) is 0 Å². The molecule has 0 saturated heterocycles. The van der Waals surface area contributed by atoms with Crippen LogP contribution in [-0.4, -0.2) is 5.11 Å². The number of aliphatic hydroxyl groups excluding tert-OH is 1. The topological polar surface area (TPSA) is 33.4 Å². The average molecular weight is 273 g/mol. The Labute approximate surface area is 116 Å². The molecule has 0 fully saturated rings. The van der Waals surface area contributed by atoms with Gasteiger partial charge >= 0.3 is 0 Å². The fourth-order valence-electron chi connectivity index (χ4n) is 2.33. The summed E-state index contributed by atoms with van der Waals surface area (Å²) in [6.45, 7) is 1.92. The van der Waals surface area contributed by atoms with Crippen LogP contribution in [-0.2, 0) is 0 Å². The van der Waals surface area contributed by atoms with E-state index in [4.69, 9.17) is 16.0 Å². The van der Waals surface area contributed by atoms with Crippen molar-refractivity contribution >= 4 is 22.4 Å². The Kier molecular flexibility index (Phi) is 3.05. The molecular formula is C16H13ClO2. The van der Waals surface area contributed by atoms with Crippen LogP contribution in [0.25, 0.3) is 10.8 Å². The number of hydrogen-bond acceptors (Lipinski definition) is 2. The van der Waals surface area contributed by atoms with Crippen molar-refractivity contribution in [3.05, 3.63) is 70.6 Å². The summed E-state index contributed by atoms with van der Waals surface area (Å²) >= 11 is 6.18. The molecule has 1 heterocycles. The Balaban J connectivity index is 2.21. The standard InChI is InChI=1S/C16H13ClO2/c1-10-8-9-19-16(10)15(18)13-6-7-14(17)12-5-3-2-4-11(12)13/h2-9,15,18H,1H3. The number of furan rings is 1. The van der Waals surface area contributed by atoms with Crippen molar-refractivity contribution in [2.24, 2.45) is 0 Å². The largest absolute Gasteiger partial charge is 0.466 e. The first kappa shape index (κ1) is 12.3. The van der Waals surface area contributed by atoms with Crippen molar-refractivity contribution in [1.29, 1.82) is 0 Å². The predicted octanol–water partition coefficient (Wildman–Crippen LogP) is 4.48. The van der Waals surface area contributed by atoms with Crippen molar-refractivity contribution in [3.8, 4) is 0 Å². The molecule has 3 heteroatoms. The van der Waals surface area contributed by atoms with Crippen LogP contribution in [0.2, 0.25) is 5.02 Å². The van der Waals surface area contributed by atoms with Gasteiger partial charge in [-0.3, -0.25) is 0 Å². The predicted molar refractivity (Wildman–Crippen MR) is 76.5 cm³/mol. The van der Waals surface area contributed by atoms with Gasteiger partial charge in [0.25, 0.3) is 0 Å². The van der Waals surface area contributed by atoms with E-state index in [2.05, 4.69) is 0 Å². The fourth-order valence-corrected chi connectivity index (χ4v) is 2.56. The molecule has 0 aliphatic heterocycles. The molecule has 96 valence electrons. The first-order valence-electron chi connectivity index (χ1n) is 6.07. The second-order valence-electron chi connectivity index (χ2n) is 4.55. The van der Waals surface area contributed by atoms with E-state index >= 15 is 0 Å². The Morgan fingerprint density at radius 1 is 1.05 bits per heavy atom. The number of aryl methyl sites for hydroxylation is 1. The molecule has 0 aliphatic carbocycles. The van der Waals surface area contributed by atoms with E-state index in [0.717, 1.165) is 21.9 Å². The van der Waals surface area contributed by atoms with Gasteiger partial charge in [0, 0.05) is 10.4 Å². The Hall–Kier alpha value is -1.77. The van der Waals surface area contributed by atoms with Gasteiger partial charge in [0.15, 0.2) is 0 Å². The molecule has 19 heavy (non-hydrogen) atoms. The fraction of sp³-hybridized carbons (Fsp3) is 0.125. The second-order valence-corrected chi connectivity index (χ2v) is 4.96. The maximum absolute atomic E-state index is 10.5. The van der Waals surface area contributed by atoms with Crippen molar-refractivity contribution in [2.45, 2.75) is 13.0 Å². The zero-order valence-corrected chi connectivity index (χ0v) is 11.2. The normalized spacial score (nSPS) is 12.8. The summed E-state index contributed by atoms with van der Waals surface area (Å²) < 4.78 is 5.38. The van der Waals surface area contributed by atoms with E-state index in [1.165, 1.54) is 0 Å². The SMILES string of the molecule is Cc1ccoc1C(O)c1ccc(Cl)c2ccccc12.